The lowest BCUT2D eigenvalue weighted by molar-refractivity contribution is -0.119. The summed E-state index contributed by atoms with van der Waals surface area (Å²) in [5, 5.41) is 2.88. The molecule has 1 fully saturated rings. The number of carbonyl (C=O) groups is 1. The largest absolute Gasteiger partial charge is 0.345 e. The zero-order valence-corrected chi connectivity index (χ0v) is 9.87. The standard InChI is InChI=1S/C11H14ClN3O/c1-7-4-5-13-11(14-7)10(8-2-3-8)15-9(16)6-12/h4-5,8,10H,2-3,6H2,1H3,(H,15,16). The number of halogens is 1. The molecule has 1 aliphatic carbocycles. The summed E-state index contributed by atoms with van der Waals surface area (Å²) in [5.41, 5.74) is 0.913. The zero-order valence-electron chi connectivity index (χ0n) is 9.11. The van der Waals surface area contributed by atoms with Crippen molar-refractivity contribution in [3.05, 3.63) is 23.8 Å². The van der Waals surface area contributed by atoms with Gasteiger partial charge in [-0.05, 0) is 31.7 Å². The van der Waals surface area contributed by atoms with Crippen LogP contribution in [-0.2, 0) is 4.79 Å². The third kappa shape index (κ3) is 2.70. The number of hydrogen-bond donors (Lipinski definition) is 1. The van der Waals surface area contributed by atoms with E-state index in [-0.39, 0.29) is 17.8 Å². The van der Waals surface area contributed by atoms with Gasteiger partial charge in [-0.2, -0.15) is 0 Å². The van der Waals surface area contributed by atoms with Crippen molar-refractivity contribution >= 4 is 17.5 Å². The molecular formula is C11H14ClN3O. The van der Waals surface area contributed by atoms with Gasteiger partial charge in [-0.1, -0.05) is 0 Å². The molecule has 1 atom stereocenters. The molecule has 1 aliphatic rings. The van der Waals surface area contributed by atoms with E-state index in [2.05, 4.69) is 15.3 Å². The van der Waals surface area contributed by atoms with Crippen LogP contribution in [0.2, 0.25) is 0 Å². The van der Waals surface area contributed by atoms with Gasteiger partial charge in [0, 0.05) is 11.9 Å². The molecule has 0 saturated heterocycles. The van der Waals surface area contributed by atoms with E-state index in [4.69, 9.17) is 11.6 Å². The Balaban J connectivity index is 2.15. The number of carbonyl (C=O) groups excluding carboxylic acids is 1. The van der Waals surface area contributed by atoms with Crippen molar-refractivity contribution in [2.75, 3.05) is 5.88 Å². The molecule has 0 aliphatic heterocycles. The summed E-state index contributed by atoms with van der Waals surface area (Å²) >= 11 is 5.49. The first kappa shape index (κ1) is 11.3. The van der Waals surface area contributed by atoms with E-state index in [9.17, 15) is 4.79 Å². The van der Waals surface area contributed by atoms with Crippen LogP contribution >= 0.6 is 11.6 Å². The second-order valence-corrected chi connectivity index (χ2v) is 4.34. The maximum Gasteiger partial charge on any atom is 0.235 e. The highest BCUT2D eigenvalue weighted by Gasteiger charge is 2.35. The molecule has 0 spiro atoms. The van der Waals surface area contributed by atoms with Gasteiger partial charge in [-0.15, -0.1) is 11.6 Å². The van der Waals surface area contributed by atoms with E-state index >= 15 is 0 Å². The van der Waals surface area contributed by atoms with Gasteiger partial charge in [0.15, 0.2) is 5.82 Å². The maximum absolute atomic E-state index is 11.3. The summed E-state index contributed by atoms with van der Waals surface area (Å²) in [6.07, 6.45) is 3.95. The fraction of sp³-hybridized carbons (Fsp3) is 0.545. The molecule has 5 heteroatoms. The molecule has 86 valence electrons. The van der Waals surface area contributed by atoms with Crippen LogP contribution in [0.3, 0.4) is 0 Å². The van der Waals surface area contributed by atoms with E-state index in [0.717, 1.165) is 18.5 Å². The second-order valence-electron chi connectivity index (χ2n) is 4.07. The Morgan fingerprint density at radius 1 is 1.69 bits per heavy atom. The normalized spacial score (nSPS) is 16.9. The summed E-state index contributed by atoms with van der Waals surface area (Å²) in [7, 11) is 0. The Hall–Kier alpha value is -1.16. The molecule has 0 radical (unpaired) electrons. The minimum absolute atomic E-state index is 0.0188. The van der Waals surface area contributed by atoms with Gasteiger partial charge in [0.05, 0.1) is 6.04 Å². The molecule has 1 unspecified atom stereocenters. The predicted octanol–water partition coefficient (Wildman–Crippen LogP) is 1.59. The highest BCUT2D eigenvalue weighted by Crippen LogP contribution is 2.39. The lowest BCUT2D eigenvalue weighted by Crippen LogP contribution is -2.32. The molecular weight excluding hydrogens is 226 g/mol. The van der Waals surface area contributed by atoms with Crippen molar-refractivity contribution in [1.29, 1.82) is 0 Å². The Bertz CT molecular complexity index is 393. The molecule has 1 saturated carbocycles. The number of rotatable bonds is 4. The van der Waals surface area contributed by atoms with Gasteiger partial charge in [0.25, 0.3) is 0 Å². The van der Waals surface area contributed by atoms with Gasteiger partial charge in [-0.3, -0.25) is 4.79 Å². The average Bonchev–Trinajstić information content (AvgIpc) is 3.09. The molecule has 1 amide bonds. The van der Waals surface area contributed by atoms with Crippen LogP contribution in [0.1, 0.15) is 30.4 Å². The van der Waals surface area contributed by atoms with Gasteiger partial charge < -0.3 is 5.32 Å². The molecule has 2 rings (SSSR count). The average molecular weight is 240 g/mol. The molecule has 1 aromatic heterocycles. The SMILES string of the molecule is Cc1ccnc(C(NC(=O)CCl)C2CC2)n1. The van der Waals surface area contributed by atoms with Gasteiger partial charge in [-0.25, -0.2) is 9.97 Å². The quantitative estimate of drug-likeness (QED) is 0.812. The lowest BCUT2D eigenvalue weighted by Gasteiger charge is -2.16. The van der Waals surface area contributed by atoms with Crippen LogP contribution in [0.5, 0.6) is 0 Å². The third-order valence-corrected chi connectivity index (χ3v) is 2.87. The minimum atomic E-state index is -0.163. The van der Waals surface area contributed by atoms with Crippen molar-refractivity contribution < 1.29 is 4.79 Å². The Kier molecular flexibility index (Phi) is 3.39. The van der Waals surface area contributed by atoms with Crippen molar-refractivity contribution in [3.63, 3.8) is 0 Å². The number of alkyl halides is 1. The van der Waals surface area contributed by atoms with Crippen molar-refractivity contribution in [3.8, 4) is 0 Å². The highest BCUT2D eigenvalue weighted by molar-refractivity contribution is 6.27. The van der Waals surface area contributed by atoms with Gasteiger partial charge in [0.1, 0.15) is 5.88 Å². The van der Waals surface area contributed by atoms with Crippen LogP contribution in [0.15, 0.2) is 12.3 Å². The first-order chi connectivity index (χ1) is 7.70. The first-order valence-corrected chi connectivity index (χ1v) is 5.89. The monoisotopic (exact) mass is 239 g/mol. The second kappa shape index (κ2) is 4.78. The summed E-state index contributed by atoms with van der Waals surface area (Å²) in [4.78, 5) is 19.9. The summed E-state index contributed by atoms with van der Waals surface area (Å²) in [5.74, 6) is 0.980. The number of aromatic nitrogens is 2. The number of hydrogen-bond acceptors (Lipinski definition) is 3. The maximum atomic E-state index is 11.3. The predicted molar refractivity (Wildman–Crippen MR) is 61.1 cm³/mol. The summed E-state index contributed by atoms with van der Waals surface area (Å²) < 4.78 is 0. The zero-order chi connectivity index (χ0) is 11.5. The van der Waals surface area contributed by atoms with E-state index in [1.54, 1.807) is 6.20 Å². The van der Waals surface area contributed by atoms with Crippen LogP contribution in [0, 0.1) is 12.8 Å². The minimum Gasteiger partial charge on any atom is -0.345 e. The van der Waals surface area contributed by atoms with Crippen LogP contribution in [0.4, 0.5) is 0 Å². The van der Waals surface area contributed by atoms with Crippen molar-refractivity contribution in [2.24, 2.45) is 5.92 Å². The molecule has 0 bridgehead atoms. The molecule has 1 aromatic rings. The van der Waals surface area contributed by atoms with Crippen molar-refractivity contribution in [2.45, 2.75) is 25.8 Å². The van der Waals surface area contributed by atoms with E-state index in [1.807, 2.05) is 13.0 Å². The number of aryl methyl sites for hydroxylation is 1. The Labute approximate surface area is 99.4 Å². The van der Waals surface area contributed by atoms with Crippen LogP contribution in [-0.4, -0.2) is 21.8 Å². The van der Waals surface area contributed by atoms with Gasteiger partial charge >= 0.3 is 0 Å². The van der Waals surface area contributed by atoms with Crippen LogP contribution in [0.25, 0.3) is 0 Å². The number of nitrogens with zero attached hydrogens (tertiary/aromatic N) is 2. The molecule has 0 aromatic carbocycles. The molecule has 16 heavy (non-hydrogen) atoms. The van der Waals surface area contributed by atoms with Crippen LogP contribution < -0.4 is 5.32 Å². The number of nitrogens with one attached hydrogen (secondary N) is 1. The molecule has 1 heterocycles. The van der Waals surface area contributed by atoms with E-state index < -0.39 is 0 Å². The fourth-order valence-corrected chi connectivity index (χ4v) is 1.73. The fourth-order valence-electron chi connectivity index (χ4n) is 1.65. The van der Waals surface area contributed by atoms with Gasteiger partial charge in [0.2, 0.25) is 5.91 Å². The van der Waals surface area contributed by atoms with E-state index in [0.29, 0.717) is 11.7 Å². The lowest BCUT2D eigenvalue weighted by atomic mass is 10.1. The first-order valence-electron chi connectivity index (χ1n) is 5.35. The van der Waals surface area contributed by atoms with E-state index in [1.165, 1.54) is 0 Å². The Morgan fingerprint density at radius 2 is 2.44 bits per heavy atom. The smallest absolute Gasteiger partial charge is 0.235 e. The Morgan fingerprint density at radius 3 is 3.00 bits per heavy atom. The highest BCUT2D eigenvalue weighted by atomic mass is 35.5. The molecule has 4 nitrogen and oxygen atoms in total. The van der Waals surface area contributed by atoms with Crippen molar-refractivity contribution in [1.82, 2.24) is 15.3 Å². The molecule has 1 N–H and O–H groups in total. The summed E-state index contributed by atoms with van der Waals surface area (Å²) in [6.45, 7) is 1.92. The third-order valence-electron chi connectivity index (χ3n) is 2.62. The topological polar surface area (TPSA) is 54.9 Å². The number of amides is 1. The summed E-state index contributed by atoms with van der Waals surface area (Å²) in [6, 6.07) is 1.77.